The molecule has 0 spiro atoms. The van der Waals surface area contributed by atoms with Crippen LogP contribution in [-0.2, 0) is 0 Å². The van der Waals surface area contributed by atoms with Crippen molar-refractivity contribution in [3.8, 4) is 5.75 Å². The van der Waals surface area contributed by atoms with E-state index in [1.165, 1.54) is 6.07 Å². The lowest BCUT2D eigenvalue weighted by molar-refractivity contribution is -0.386. The summed E-state index contributed by atoms with van der Waals surface area (Å²) in [6, 6.07) is 4.85. The topological polar surface area (TPSA) is 52.4 Å². The second kappa shape index (κ2) is 3.88. The minimum atomic E-state index is -0.432. The largest absolute Gasteiger partial charge is 0.481 e. The van der Waals surface area contributed by atoms with Crippen molar-refractivity contribution in [2.45, 2.75) is 33.3 Å². The number of nitro benzene ring substituents is 1. The molecule has 0 N–H and O–H groups in total. The van der Waals surface area contributed by atoms with E-state index < -0.39 is 10.5 Å². The third-order valence-electron chi connectivity index (χ3n) is 1.73. The molecule has 0 aromatic heterocycles. The quantitative estimate of drug-likeness (QED) is 0.555. The fourth-order valence-corrected chi connectivity index (χ4v) is 1.18. The van der Waals surface area contributed by atoms with Gasteiger partial charge in [0.2, 0.25) is 0 Å². The van der Waals surface area contributed by atoms with Gasteiger partial charge >= 0.3 is 5.69 Å². The van der Waals surface area contributed by atoms with Gasteiger partial charge in [-0.2, -0.15) is 0 Å². The molecule has 0 saturated heterocycles. The van der Waals surface area contributed by atoms with Crippen molar-refractivity contribution in [3.63, 3.8) is 0 Å². The van der Waals surface area contributed by atoms with Crippen LogP contribution in [0.15, 0.2) is 18.2 Å². The van der Waals surface area contributed by atoms with E-state index in [0.717, 1.165) is 5.56 Å². The Balaban J connectivity index is 3.13. The Morgan fingerprint density at radius 2 is 1.93 bits per heavy atom. The van der Waals surface area contributed by atoms with E-state index in [4.69, 9.17) is 4.74 Å². The maximum absolute atomic E-state index is 10.7. The Hall–Kier alpha value is -1.58. The third kappa shape index (κ3) is 3.23. The average molecular weight is 209 g/mol. The van der Waals surface area contributed by atoms with Gasteiger partial charge in [-0.25, -0.2) is 0 Å². The summed E-state index contributed by atoms with van der Waals surface area (Å²) in [6.07, 6.45) is 0. The van der Waals surface area contributed by atoms with Crippen molar-refractivity contribution in [1.82, 2.24) is 0 Å². The molecule has 1 rings (SSSR count). The number of nitrogens with zero attached hydrogens (tertiary/aromatic N) is 1. The van der Waals surface area contributed by atoms with E-state index in [9.17, 15) is 10.1 Å². The summed E-state index contributed by atoms with van der Waals surface area (Å²) in [5.74, 6) is 0.326. The maximum Gasteiger partial charge on any atom is 0.310 e. The highest BCUT2D eigenvalue weighted by Gasteiger charge is 2.20. The first-order valence-electron chi connectivity index (χ1n) is 4.74. The standard InChI is InChI=1S/C11H15NO3/c1-8-5-6-9(12(13)14)10(7-8)15-11(2,3)4/h5-7H,1-4H3. The van der Waals surface area contributed by atoms with Crippen molar-refractivity contribution >= 4 is 5.69 Å². The van der Waals surface area contributed by atoms with Crippen molar-refractivity contribution < 1.29 is 9.66 Å². The highest BCUT2D eigenvalue weighted by Crippen LogP contribution is 2.30. The van der Waals surface area contributed by atoms with Crippen molar-refractivity contribution in [1.29, 1.82) is 0 Å². The first kappa shape index (κ1) is 11.5. The Bertz CT molecular complexity index is 380. The Morgan fingerprint density at radius 1 is 1.33 bits per heavy atom. The summed E-state index contributed by atoms with van der Waals surface area (Å²) >= 11 is 0. The molecule has 0 atom stereocenters. The summed E-state index contributed by atoms with van der Waals surface area (Å²) in [5.41, 5.74) is 0.522. The fourth-order valence-electron chi connectivity index (χ4n) is 1.18. The van der Waals surface area contributed by atoms with E-state index in [1.54, 1.807) is 12.1 Å². The molecule has 4 nitrogen and oxygen atoms in total. The fraction of sp³-hybridized carbons (Fsp3) is 0.455. The minimum absolute atomic E-state index is 0.00975. The van der Waals surface area contributed by atoms with Gasteiger partial charge in [0, 0.05) is 6.07 Å². The van der Waals surface area contributed by atoms with Crippen LogP contribution in [0.1, 0.15) is 26.3 Å². The average Bonchev–Trinajstić information content (AvgIpc) is 1.99. The molecular weight excluding hydrogens is 194 g/mol. The van der Waals surface area contributed by atoms with Gasteiger partial charge in [0.05, 0.1) is 4.92 Å². The highest BCUT2D eigenvalue weighted by molar-refractivity contribution is 5.48. The number of benzene rings is 1. The van der Waals surface area contributed by atoms with Crippen LogP contribution in [-0.4, -0.2) is 10.5 Å². The predicted molar refractivity (Wildman–Crippen MR) is 58.2 cm³/mol. The molecule has 82 valence electrons. The minimum Gasteiger partial charge on any atom is -0.481 e. The third-order valence-corrected chi connectivity index (χ3v) is 1.73. The molecule has 0 unspecified atom stereocenters. The molecule has 0 heterocycles. The highest BCUT2D eigenvalue weighted by atomic mass is 16.6. The number of rotatable bonds is 2. The summed E-state index contributed by atoms with van der Waals surface area (Å²) < 4.78 is 5.53. The first-order chi connectivity index (χ1) is 6.79. The predicted octanol–water partition coefficient (Wildman–Crippen LogP) is 3.08. The number of hydrogen-bond donors (Lipinski definition) is 0. The molecule has 0 saturated carbocycles. The SMILES string of the molecule is Cc1ccc([N+](=O)[O-])c(OC(C)(C)C)c1. The smallest absolute Gasteiger partial charge is 0.310 e. The summed E-state index contributed by atoms with van der Waals surface area (Å²) in [4.78, 5) is 10.3. The number of aryl methyl sites for hydroxylation is 1. The van der Waals surface area contributed by atoms with Gasteiger partial charge in [-0.05, 0) is 39.3 Å². The van der Waals surface area contributed by atoms with Crippen LogP contribution < -0.4 is 4.74 Å². The van der Waals surface area contributed by atoms with Gasteiger partial charge in [0.25, 0.3) is 0 Å². The van der Waals surface area contributed by atoms with E-state index in [-0.39, 0.29) is 5.69 Å². The van der Waals surface area contributed by atoms with Crippen LogP contribution in [0.4, 0.5) is 5.69 Å². The lowest BCUT2D eigenvalue weighted by Gasteiger charge is -2.21. The van der Waals surface area contributed by atoms with Crippen molar-refractivity contribution in [3.05, 3.63) is 33.9 Å². The molecule has 0 bridgehead atoms. The van der Waals surface area contributed by atoms with Gasteiger partial charge in [0.15, 0.2) is 5.75 Å². The Labute approximate surface area is 89.0 Å². The molecule has 0 aliphatic carbocycles. The van der Waals surface area contributed by atoms with E-state index in [0.29, 0.717) is 5.75 Å². The van der Waals surface area contributed by atoms with Crippen molar-refractivity contribution in [2.24, 2.45) is 0 Å². The molecule has 0 radical (unpaired) electrons. The zero-order valence-electron chi connectivity index (χ0n) is 9.40. The number of nitro groups is 1. The van der Waals surface area contributed by atoms with Gasteiger partial charge < -0.3 is 4.74 Å². The molecule has 0 aliphatic heterocycles. The van der Waals surface area contributed by atoms with Crippen LogP contribution in [0.2, 0.25) is 0 Å². The van der Waals surface area contributed by atoms with Crippen molar-refractivity contribution in [2.75, 3.05) is 0 Å². The molecule has 0 fully saturated rings. The normalized spacial score (nSPS) is 11.2. The second-order valence-corrected chi connectivity index (χ2v) is 4.44. The summed E-state index contributed by atoms with van der Waals surface area (Å²) in [5, 5.41) is 10.7. The number of hydrogen-bond acceptors (Lipinski definition) is 3. The zero-order chi connectivity index (χ0) is 11.6. The van der Waals surface area contributed by atoms with Crippen LogP contribution in [0.25, 0.3) is 0 Å². The first-order valence-corrected chi connectivity index (χ1v) is 4.74. The van der Waals surface area contributed by atoms with Gasteiger partial charge in [-0.1, -0.05) is 6.07 Å². The van der Waals surface area contributed by atoms with Crippen LogP contribution in [0, 0.1) is 17.0 Å². The van der Waals surface area contributed by atoms with E-state index in [1.807, 2.05) is 27.7 Å². The molecule has 0 amide bonds. The molecule has 4 heteroatoms. The van der Waals surface area contributed by atoms with E-state index in [2.05, 4.69) is 0 Å². The van der Waals surface area contributed by atoms with Crippen LogP contribution in [0.3, 0.4) is 0 Å². The Morgan fingerprint density at radius 3 is 2.40 bits per heavy atom. The van der Waals surface area contributed by atoms with E-state index >= 15 is 0 Å². The molecular formula is C11H15NO3. The monoisotopic (exact) mass is 209 g/mol. The van der Waals surface area contributed by atoms with Crippen LogP contribution >= 0.6 is 0 Å². The van der Waals surface area contributed by atoms with Gasteiger partial charge in [-0.15, -0.1) is 0 Å². The summed E-state index contributed by atoms with van der Waals surface area (Å²) in [6.45, 7) is 7.45. The lowest BCUT2D eigenvalue weighted by atomic mass is 10.1. The second-order valence-electron chi connectivity index (χ2n) is 4.44. The Kier molecular flexibility index (Phi) is 2.98. The van der Waals surface area contributed by atoms with Gasteiger partial charge in [-0.3, -0.25) is 10.1 Å². The summed E-state index contributed by atoms with van der Waals surface area (Å²) in [7, 11) is 0. The zero-order valence-corrected chi connectivity index (χ0v) is 9.40. The maximum atomic E-state index is 10.7. The van der Waals surface area contributed by atoms with Gasteiger partial charge in [0.1, 0.15) is 5.60 Å². The number of ether oxygens (including phenoxy) is 1. The molecule has 0 aliphatic rings. The molecule has 1 aromatic rings. The molecule has 1 aromatic carbocycles. The molecule has 15 heavy (non-hydrogen) atoms. The lowest BCUT2D eigenvalue weighted by Crippen LogP contribution is -2.23. The van der Waals surface area contributed by atoms with Crippen LogP contribution in [0.5, 0.6) is 5.75 Å².